The van der Waals surface area contributed by atoms with Gasteiger partial charge in [-0.1, -0.05) is 84.2 Å². The Kier molecular flexibility index (Phi) is 9.46. The summed E-state index contributed by atoms with van der Waals surface area (Å²) >= 11 is 2.09. The molecule has 6 nitrogen and oxygen atoms in total. The molecule has 0 bridgehead atoms. The van der Waals surface area contributed by atoms with Crippen molar-refractivity contribution in [3.8, 4) is 0 Å². The third-order valence-electron chi connectivity index (χ3n) is 3.73. The molecule has 0 aliphatic rings. The smallest absolute Gasteiger partial charge is 0.243 e. The number of benzene rings is 2. The summed E-state index contributed by atoms with van der Waals surface area (Å²) < 4.78 is 0. The van der Waals surface area contributed by atoms with Gasteiger partial charge in [0.15, 0.2) is 0 Å². The fourth-order valence-electron chi connectivity index (χ4n) is 2.34. The molecule has 0 aliphatic carbocycles. The number of amides is 2. The third-order valence-corrected chi connectivity index (χ3v) is 5.63. The van der Waals surface area contributed by atoms with E-state index >= 15 is 0 Å². The van der Waals surface area contributed by atoms with E-state index in [4.69, 9.17) is 0 Å². The third kappa shape index (κ3) is 8.13. The zero-order valence-electron chi connectivity index (χ0n) is 15.9. The van der Waals surface area contributed by atoms with Crippen LogP contribution in [0.15, 0.2) is 60.7 Å². The minimum atomic E-state index is -0.833. The number of thioether (sulfide) groups is 2. The lowest BCUT2D eigenvalue weighted by atomic mass is 10.2. The van der Waals surface area contributed by atoms with Crippen LogP contribution in [-0.2, 0) is 9.59 Å². The fraction of sp³-hybridized carbons (Fsp3) is 0.238. The van der Waals surface area contributed by atoms with E-state index in [0.717, 1.165) is 23.5 Å². The van der Waals surface area contributed by atoms with Crippen molar-refractivity contribution in [2.75, 3.05) is 18.1 Å². The maximum Gasteiger partial charge on any atom is 0.243 e. The number of rotatable bonds is 9. The Morgan fingerprint density at radius 3 is 1.86 bits per heavy atom. The lowest BCUT2D eigenvalue weighted by Crippen LogP contribution is -2.48. The van der Waals surface area contributed by atoms with Crippen molar-refractivity contribution in [1.82, 2.24) is 10.6 Å². The van der Waals surface area contributed by atoms with Crippen LogP contribution in [0, 0.1) is 0 Å². The largest absolute Gasteiger partial charge is 0.353 e. The van der Waals surface area contributed by atoms with Gasteiger partial charge in [-0.15, -0.1) is 0 Å². The Bertz CT molecular complexity index is 844. The van der Waals surface area contributed by atoms with Crippen molar-refractivity contribution < 1.29 is 19.2 Å². The summed E-state index contributed by atoms with van der Waals surface area (Å²) in [6.07, 6.45) is 0. The Balaban J connectivity index is 1.79. The molecule has 0 aliphatic heterocycles. The molecule has 0 saturated carbocycles. The first kappa shape index (κ1) is 22.7. The van der Waals surface area contributed by atoms with E-state index in [1.165, 1.54) is 6.92 Å². The van der Waals surface area contributed by atoms with Crippen molar-refractivity contribution in [3.05, 3.63) is 71.8 Å². The van der Waals surface area contributed by atoms with Gasteiger partial charge < -0.3 is 10.6 Å². The SMILES string of the molecule is CC(=O)N[C@@H](CSC(=O)c1ccccc1)C(=O)NCCSC(=O)c1ccccc1. The molecule has 0 aromatic heterocycles. The quantitative estimate of drug-likeness (QED) is 0.595. The number of carbonyl (C=O) groups excluding carboxylic acids is 4. The summed E-state index contributed by atoms with van der Waals surface area (Å²) in [5.41, 5.74) is 1.14. The monoisotopic (exact) mass is 430 g/mol. The van der Waals surface area contributed by atoms with E-state index in [1.54, 1.807) is 48.5 Å². The van der Waals surface area contributed by atoms with Crippen LogP contribution in [0.5, 0.6) is 0 Å². The average Bonchev–Trinajstić information content (AvgIpc) is 2.74. The molecule has 29 heavy (non-hydrogen) atoms. The number of nitrogens with one attached hydrogen (secondary N) is 2. The summed E-state index contributed by atoms with van der Waals surface area (Å²) in [5.74, 6) is -0.217. The Labute approximate surface area is 178 Å². The van der Waals surface area contributed by atoms with Crippen LogP contribution in [-0.4, -0.2) is 46.1 Å². The van der Waals surface area contributed by atoms with Crippen LogP contribution >= 0.6 is 23.5 Å². The van der Waals surface area contributed by atoms with Gasteiger partial charge in [-0.2, -0.15) is 0 Å². The van der Waals surface area contributed by atoms with Crippen LogP contribution in [0.4, 0.5) is 0 Å². The molecule has 152 valence electrons. The zero-order chi connectivity index (χ0) is 21.1. The summed E-state index contributed by atoms with van der Waals surface area (Å²) in [6.45, 7) is 1.59. The molecule has 2 amide bonds. The van der Waals surface area contributed by atoms with E-state index in [1.807, 2.05) is 12.1 Å². The van der Waals surface area contributed by atoms with E-state index in [-0.39, 0.29) is 34.3 Å². The Hall–Kier alpha value is -2.58. The van der Waals surface area contributed by atoms with Crippen LogP contribution in [0.25, 0.3) is 0 Å². The minimum Gasteiger partial charge on any atom is -0.353 e. The van der Waals surface area contributed by atoms with Gasteiger partial charge in [0.1, 0.15) is 6.04 Å². The zero-order valence-corrected chi connectivity index (χ0v) is 17.6. The van der Waals surface area contributed by atoms with Gasteiger partial charge in [0.25, 0.3) is 0 Å². The predicted octanol–water partition coefficient (Wildman–Crippen LogP) is 2.75. The van der Waals surface area contributed by atoms with Crippen molar-refractivity contribution >= 4 is 45.6 Å². The molecule has 2 N–H and O–H groups in total. The first-order chi connectivity index (χ1) is 14.0. The fourth-order valence-corrected chi connectivity index (χ4v) is 3.89. The Morgan fingerprint density at radius 1 is 0.828 bits per heavy atom. The molecule has 8 heteroatoms. The van der Waals surface area contributed by atoms with Gasteiger partial charge in [-0.05, 0) is 0 Å². The van der Waals surface area contributed by atoms with Crippen molar-refractivity contribution in [2.24, 2.45) is 0 Å². The molecule has 0 unspecified atom stereocenters. The lowest BCUT2D eigenvalue weighted by Gasteiger charge is -2.17. The first-order valence-electron chi connectivity index (χ1n) is 8.96. The van der Waals surface area contributed by atoms with Crippen LogP contribution in [0.2, 0.25) is 0 Å². The van der Waals surface area contributed by atoms with Gasteiger partial charge in [0, 0.05) is 36.1 Å². The predicted molar refractivity (Wildman–Crippen MR) is 117 cm³/mol. The normalized spacial score (nSPS) is 11.3. The van der Waals surface area contributed by atoms with Gasteiger partial charge in [0.05, 0.1) is 0 Å². The summed E-state index contributed by atoms with van der Waals surface area (Å²) in [7, 11) is 0. The highest BCUT2D eigenvalue weighted by atomic mass is 32.2. The molecule has 0 radical (unpaired) electrons. The molecule has 2 rings (SSSR count). The molecule has 0 heterocycles. The second-order valence-corrected chi connectivity index (χ2v) is 8.07. The molecule has 1 atom stereocenters. The van der Waals surface area contributed by atoms with E-state index in [9.17, 15) is 19.2 Å². The first-order valence-corrected chi connectivity index (χ1v) is 10.9. The highest BCUT2D eigenvalue weighted by Gasteiger charge is 2.21. The summed E-state index contributed by atoms with van der Waals surface area (Å²) in [6, 6.07) is 16.8. The van der Waals surface area contributed by atoms with Crippen LogP contribution in [0.3, 0.4) is 0 Å². The molecule has 0 saturated heterocycles. The van der Waals surface area contributed by atoms with Gasteiger partial charge >= 0.3 is 0 Å². The number of carbonyl (C=O) groups is 4. The highest BCUT2D eigenvalue weighted by Crippen LogP contribution is 2.14. The van der Waals surface area contributed by atoms with E-state index < -0.39 is 6.04 Å². The molecule has 2 aromatic carbocycles. The topological polar surface area (TPSA) is 92.3 Å². The molecular formula is C21H22N2O4S2. The standard InChI is InChI=1S/C21H22N2O4S2/c1-15(24)23-18(14-29-21(27)17-10-6-3-7-11-17)19(25)22-12-13-28-20(26)16-8-4-2-5-9-16/h2-11,18H,12-14H2,1H3,(H,22,25)(H,23,24)/t18-/m0/s1. The maximum absolute atomic E-state index is 12.4. The Morgan fingerprint density at radius 2 is 1.34 bits per heavy atom. The van der Waals surface area contributed by atoms with Gasteiger partial charge in [-0.3, -0.25) is 19.2 Å². The average molecular weight is 431 g/mol. The molecule has 0 spiro atoms. The molecule has 2 aromatic rings. The van der Waals surface area contributed by atoms with Gasteiger partial charge in [-0.25, -0.2) is 0 Å². The van der Waals surface area contributed by atoms with Crippen molar-refractivity contribution in [3.63, 3.8) is 0 Å². The lowest BCUT2D eigenvalue weighted by molar-refractivity contribution is -0.127. The minimum absolute atomic E-state index is 0.0673. The number of hydrogen-bond acceptors (Lipinski definition) is 6. The van der Waals surface area contributed by atoms with Crippen LogP contribution < -0.4 is 10.6 Å². The van der Waals surface area contributed by atoms with E-state index in [0.29, 0.717) is 16.9 Å². The van der Waals surface area contributed by atoms with E-state index in [2.05, 4.69) is 10.6 Å². The number of hydrogen-bond donors (Lipinski definition) is 2. The second kappa shape index (κ2) is 12.1. The molecule has 0 fully saturated rings. The van der Waals surface area contributed by atoms with Crippen LogP contribution in [0.1, 0.15) is 27.6 Å². The van der Waals surface area contributed by atoms with Crippen molar-refractivity contribution in [2.45, 2.75) is 13.0 Å². The van der Waals surface area contributed by atoms with Crippen molar-refractivity contribution in [1.29, 1.82) is 0 Å². The molecular weight excluding hydrogens is 408 g/mol. The summed E-state index contributed by atoms with van der Waals surface area (Å²) in [4.78, 5) is 48.1. The second-order valence-electron chi connectivity index (χ2n) is 6.01. The van der Waals surface area contributed by atoms with Gasteiger partial charge in [0.2, 0.25) is 22.0 Å². The maximum atomic E-state index is 12.4. The summed E-state index contributed by atoms with van der Waals surface area (Å²) in [5, 5.41) is 5.04. The highest BCUT2D eigenvalue weighted by molar-refractivity contribution is 8.14.